The molecule has 0 amide bonds. The van der Waals surface area contributed by atoms with Gasteiger partial charge in [0.1, 0.15) is 11.3 Å². The lowest BCUT2D eigenvalue weighted by Gasteiger charge is -2.23. The minimum Gasteiger partial charge on any atom is -0.496 e. The van der Waals surface area contributed by atoms with Gasteiger partial charge in [-0.1, -0.05) is 0 Å². The van der Waals surface area contributed by atoms with Crippen LogP contribution >= 0.6 is 0 Å². The summed E-state index contributed by atoms with van der Waals surface area (Å²) in [6.45, 7) is 0.950. The molecular formula is C13H17NO6S. The van der Waals surface area contributed by atoms with Gasteiger partial charge in [-0.3, -0.25) is 0 Å². The van der Waals surface area contributed by atoms with Crippen molar-refractivity contribution in [3.8, 4) is 5.75 Å². The number of carbonyl (C=O) groups is 1. The zero-order valence-corrected chi connectivity index (χ0v) is 12.4. The number of carboxylic acids is 1. The van der Waals surface area contributed by atoms with Crippen LogP contribution in [0.15, 0.2) is 23.1 Å². The standard InChI is InChI=1S/C13H17NO6S/c1-19-12-5-4-10(7-11(12)13(15)16)21(17,18)14-9-3-2-6-20-8-9/h4-5,7,9,14H,2-3,6,8H2,1H3,(H,15,16). The molecule has 2 rings (SSSR count). The quantitative estimate of drug-likeness (QED) is 0.835. The molecule has 0 saturated carbocycles. The van der Waals surface area contributed by atoms with E-state index < -0.39 is 16.0 Å². The van der Waals surface area contributed by atoms with E-state index in [1.54, 1.807) is 0 Å². The van der Waals surface area contributed by atoms with Crippen LogP contribution < -0.4 is 9.46 Å². The molecule has 1 aromatic carbocycles. The van der Waals surface area contributed by atoms with E-state index in [1.807, 2.05) is 0 Å². The highest BCUT2D eigenvalue weighted by Gasteiger charge is 2.24. The topological polar surface area (TPSA) is 102 Å². The van der Waals surface area contributed by atoms with Crippen molar-refractivity contribution in [2.75, 3.05) is 20.3 Å². The van der Waals surface area contributed by atoms with Crippen molar-refractivity contribution in [3.63, 3.8) is 0 Å². The minimum absolute atomic E-state index is 0.105. The molecule has 1 fully saturated rings. The predicted octanol–water partition coefficient (Wildman–Crippen LogP) is 0.851. The van der Waals surface area contributed by atoms with E-state index in [-0.39, 0.29) is 22.3 Å². The third-order valence-electron chi connectivity index (χ3n) is 3.19. The maximum atomic E-state index is 12.3. The molecule has 7 nitrogen and oxygen atoms in total. The normalized spacial score (nSPS) is 19.2. The summed E-state index contributed by atoms with van der Waals surface area (Å²) < 4.78 is 37.2. The lowest BCUT2D eigenvalue weighted by atomic mass is 10.1. The maximum Gasteiger partial charge on any atom is 0.339 e. The number of carboxylic acid groups (broad SMARTS) is 1. The highest BCUT2D eigenvalue weighted by atomic mass is 32.2. The molecule has 1 atom stereocenters. The lowest BCUT2D eigenvalue weighted by Crippen LogP contribution is -2.40. The largest absolute Gasteiger partial charge is 0.496 e. The van der Waals surface area contributed by atoms with Crippen molar-refractivity contribution in [2.24, 2.45) is 0 Å². The van der Waals surface area contributed by atoms with E-state index in [1.165, 1.54) is 19.2 Å². The maximum absolute atomic E-state index is 12.3. The van der Waals surface area contributed by atoms with Gasteiger partial charge in [0.2, 0.25) is 10.0 Å². The number of sulfonamides is 1. The van der Waals surface area contributed by atoms with Crippen LogP contribution in [0.1, 0.15) is 23.2 Å². The van der Waals surface area contributed by atoms with Gasteiger partial charge in [0.05, 0.1) is 18.6 Å². The van der Waals surface area contributed by atoms with Gasteiger partial charge >= 0.3 is 5.97 Å². The Hall–Kier alpha value is -1.64. The molecule has 1 aliphatic rings. The lowest BCUT2D eigenvalue weighted by molar-refractivity contribution is 0.0693. The number of hydrogen-bond acceptors (Lipinski definition) is 5. The fourth-order valence-electron chi connectivity index (χ4n) is 2.14. The van der Waals surface area contributed by atoms with Crippen molar-refractivity contribution in [1.82, 2.24) is 4.72 Å². The van der Waals surface area contributed by atoms with E-state index in [4.69, 9.17) is 14.6 Å². The number of benzene rings is 1. The number of rotatable bonds is 5. The Balaban J connectivity index is 2.27. The summed E-state index contributed by atoms with van der Waals surface area (Å²) in [5.41, 5.74) is -0.194. The second-order valence-electron chi connectivity index (χ2n) is 4.70. The van der Waals surface area contributed by atoms with Crippen LogP contribution in [0.5, 0.6) is 5.75 Å². The summed E-state index contributed by atoms with van der Waals surface area (Å²) in [6, 6.07) is 3.44. The molecule has 2 N–H and O–H groups in total. The van der Waals surface area contributed by atoms with Gasteiger partial charge in [0.15, 0.2) is 0 Å². The summed E-state index contributed by atoms with van der Waals surface area (Å²) in [7, 11) is -2.46. The molecule has 1 aromatic rings. The summed E-state index contributed by atoms with van der Waals surface area (Å²) in [5, 5.41) is 9.09. The molecule has 21 heavy (non-hydrogen) atoms. The first-order chi connectivity index (χ1) is 9.94. The fraction of sp³-hybridized carbons (Fsp3) is 0.462. The number of ether oxygens (including phenoxy) is 2. The van der Waals surface area contributed by atoms with E-state index in [0.717, 1.165) is 12.5 Å². The van der Waals surface area contributed by atoms with Gasteiger partial charge in [-0.05, 0) is 31.0 Å². The van der Waals surface area contributed by atoms with Crippen LogP contribution in [0.2, 0.25) is 0 Å². The van der Waals surface area contributed by atoms with Gasteiger partial charge < -0.3 is 14.6 Å². The number of aromatic carboxylic acids is 1. The average molecular weight is 315 g/mol. The highest BCUT2D eigenvalue weighted by molar-refractivity contribution is 7.89. The molecular weight excluding hydrogens is 298 g/mol. The van der Waals surface area contributed by atoms with Gasteiger partial charge in [-0.25, -0.2) is 17.9 Å². The molecule has 116 valence electrons. The first-order valence-corrected chi connectivity index (χ1v) is 7.94. The number of hydrogen-bond donors (Lipinski definition) is 2. The van der Waals surface area contributed by atoms with Gasteiger partial charge in [-0.15, -0.1) is 0 Å². The number of methoxy groups -OCH3 is 1. The van der Waals surface area contributed by atoms with Crippen LogP contribution in [0, 0.1) is 0 Å². The van der Waals surface area contributed by atoms with Crippen LogP contribution in [0.25, 0.3) is 0 Å². The third kappa shape index (κ3) is 3.72. The van der Waals surface area contributed by atoms with Gasteiger partial charge in [-0.2, -0.15) is 0 Å². The van der Waals surface area contributed by atoms with Crippen LogP contribution in [0.3, 0.4) is 0 Å². The molecule has 0 aromatic heterocycles. The first-order valence-electron chi connectivity index (χ1n) is 6.45. The smallest absolute Gasteiger partial charge is 0.339 e. The molecule has 0 bridgehead atoms. The molecule has 1 saturated heterocycles. The number of nitrogens with one attached hydrogen (secondary N) is 1. The second kappa shape index (κ2) is 6.42. The van der Waals surface area contributed by atoms with Crippen molar-refractivity contribution >= 4 is 16.0 Å². The molecule has 1 unspecified atom stereocenters. The average Bonchev–Trinajstić information content (AvgIpc) is 2.47. The summed E-state index contributed by atoms with van der Waals surface area (Å²) in [4.78, 5) is 11.0. The SMILES string of the molecule is COc1ccc(S(=O)(=O)NC2CCCOC2)cc1C(=O)O. The van der Waals surface area contributed by atoms with Crippen molar-refractivity contribution in [3.05, 3.63) is 23.8 Å². The molecule has 1 aliphatic heterocycles. The third-order valence-corrected chi connectivity index (χ3v) is 4.71. The van der Waals surface area contributed by atoms with Crippen molar-refractivity contribution in [1.29, 1.82) is 0 Å². The summed E-state index contributed by atoms with van der Waals surface area (Å²) in [5.74, 6) is -1.13. The van der Waals surface area contributed by atoms with E-state index in [9.17, 15) is 13.2 Å². The highest BCUT2D eigenvalue weighted by Crippen LogP contribution is 2.23. The Kier molecular flexibility index (Phi) is 4.81. The zero-order valence-electron chi connectivity index (χ0n) is 11.5. The van der Waals surface area contributed by atoms with Crippen molar-refractivity contribution < 1.29 is 27.8 Å². The van der Waals surface area contributed by atoms with Crippen LogP contribution in [0.4, 0.5) is 0 Å². The van der Waals surface area contributed by atoms with Crippen molar-refractivity contribution in [2.45, 2.75) is 23.8 Å². The second-order valence-corrected chi connectivity index (χ2v) is 6.42. The summed E-state index contributed by atoms with van der Waals surface area (Å²) in [6.07, 6.45) is 1.48. The van der Waals surface area contributed by atoms with E-state index in [2.05, 4.69) is 4.72 Å². The van der Waals surface area contributed by atoms with E-state index in [0.29, 0.717) is 19.6 Å². The molecule has 0 aliphatic carbocycles. The Morgan fingerprint density at radius 3 is 2.81 bits per heavy atom. The Morgan fingerprint density at radius 1 is 1.48 bits per heavy atom. The summed E-state index contributed by atoms with van der Waals surface area (Å²) >= 11 is 0. The Bertz CT molecular complexity index is 622. The predicted molar refractivity (Wildman–Crippen MR) is 74.1 cm³/mol. The van der Waals surface area contributed by atoms with Gasteiger partial charge in [0.25, 0.3) is 0 Å². The van der Waals surface area contributed by atoms with Crippen LogP contribution in [-0.4, -0.2) is 45.9 Å². The zero-order chi connectivity index (χ0) is 15.5. The monoisotopic (exact) mass is 315 g/mol. The fourth-order valence-corrected chi connectivity index (χ4v) is 3.42. The molecule has 0 radical (unpaired) electrons. The minimum atomic E-state index is -3.79. The Labute approximate surface area is 122 Å². The molecule has 1 heterocycles. The van der Waals surface area contributed by atoms with Gasteiger partial charge in [0, 0.05) is 12.6 Å². The first kappa shape index (κ1) is 15.7. The Morgan fingerprint density at radius 2 is 2.24 bits per heavy atom. The van der Waals surface area contributed by atoms with Crippen LogP contribution in [-0.2, 0) is 14.8 Å². The molecule has 0 spiro atoms. The van der Waals surface area contributed by atoms with E-state index >= 15 is 0 Å². The molecule has 8 heteroatoms.